The lowest BCUT2D eigenvalue weighted by Gasteiger charge is -2.33. The molecule has 0 radical (unpaired) electrons. The smallest absolute Gasteiger partial charge is 0.236 e. The number of hydrogen-bond acceptors (Lipinski definition) is 5. The maximum Gasteiger partial charge on any atom is 0.236 e. The van der Waals surface area contributed by atoms with E-state index in [9.17, 15) is 4.79 Å². The topological polar surface area (TPSA) is 61.4 Å². The van der Waals surface area contributed by atoms with Gasteiger partial charge in [-0.25, -0.2) is 0 Å². The van der Waals surface area contributed by atoms with Crippen LogP contribution in [0, 0.1) is 0 Å². The Labute approximate surface area is 125 Å². The van der Waals surface area contributed by atoms with Gasteiger partial charge in [-0.15, -0.1) is 5.10 Å². The lowest BCUT2D eigenvalue weighted by Crippen LogP contribution is -2.46. The van der Waals surface area contributed by atoms with Gasteiger partial charge >= 0.3 is 0 Å². The van der Waals surface area contributed by atoms with Gasteiger partial charge in [0.1, 0.15) is 5.82 Å². The van der Waals surface area contributed by atoms with Crippen molar-refractivity contribution in [2.24, 2.45) is 0 Å². The van der Waals surface area contributed by atoms with Crippen molar-refractivity contribution in [1.82, 2.24) is 20.0 Å². The molecule has 1 saturated carbocycles. The molecule has 1 N–H and O–H groups in total. The number of carbonyl (C=O) groups is 1. The molecular formula is C15H23N5O. The van der Waals surface area contributed by atoms with E-state index in [4.69, 9.17) is 0 Å². The molecule has 114 valence electrons. The zero-order valence-electron chi connectivity index (χ0n) is 12.5. The fourth-order valence-corrected chi connectivity index (χ4v) is 2.82. The van der Waals surface area contributed by atoms with Crippen LogP contribution < -0.4 is 5.32 Å². The van der Waals surface area contributed by atoms with Crippen molar-refractivity contribution in [3.8, 4) is 0 Å². The summed E-state index contributed by atoms with van der Waals surface area (Å²) in [5, 5.41) is 11.3. The van der Waals surface area contributed by atoms with Crippen molar-refractivity contribution in [2.45, 2.75) is 37.8 Å². The largest absolute Gasteiger partial charge is 0.366 e. The van der Waals surface area contributed by atoms with Gasteiger partial charge in [0.15, 0.2) is 0 Å². The number of carbonyl (C=O) groups excluding carboxylic acids is 1. The van der Waals surface area contributed by atoms with Crippen LogP contribution in [0.1, 0.15) is 25.7 Å². The molecule has 2 fully saturated rings. The standard InChI is InChI=1S/C15H23N5O/c1-19(13-4-5-13)11-15(21)20-9-6-12(7-10-20)17-14-3-2-8-16-18-14/h2-3,8,12-13H,4-7,9-11H2,1H3,(H,17,18). The molecule has 2 aliphatic rings. The van der Waals surface area contributed by atoms with E-state index in [0.29, 0.717) is 18.6 Å². The van der Waals surface area contributed by atoms with Gasteiger partial charge in [-0.3, -0.25) is 9.69 Å². The minimum Gasteiger partial charge on any atom is -0.366 e. The van der Waals surface area contributed by atoms with Crippen molar-refractivity contribution < 1.29 is 4.79 Å². The fraction of sp³-hybridized carbons (Fsp3) is 0.667. The normalized spacial score (nSPS) is 19.8. The number of aromatic nitrogens is 2. The average Bonchev–Trinajstić information content (AvgIpc) is 3.33. The number of hydrogen-bond donors (Lipinski definition) is 1. The monoisotopic (exact) mass is 289 g/mol. The second kappa shape index (κ2) is 6.39. The Bertz CT molecular complexity index is 468. The van der Waals surface area contributed by atoms with Crippen LogP contribution in [0.5, 0.6) is 0 Å². The molecule has 3 rings (SSSR count). The van der Waals surface area contributed by atoms with E-state index >= 15 is 0 Å². The van der Waals surface area contributed by atoms with E-state index in [1.54, 1.807) is 6.20 Å². The minimum absolute atomic E-state index is 0.266. The summed E-state index contributed by atoms with van der Waals surface area (Å²) in [6, 6.07) is 4.83. The molecule has 1 amide bonds. The highest BCUT2D eigenvalue weighted by atomic mass is 16.2. The molecule has 0 spiro atoms. The fourth-order valence-electron chi connectivity index (χ4n) is 2.82. The number of likely N-dealkylation sites (N-methyl/N-ethyl adjacent to an activating group) is 1. The summed E-state index contributed by atoms with van der Waals surface area (Å²) in [4.78, 5) is 16.4. The third-order valence-corrected chi connectivity index (χ3v) is 4.33. The van der Waals surface area contributed by atoms with Gasteiger partial charge in [-0.1, -0.05) is 0 Å². The van der Waals surface area contributed by atoms with E-state index in [1.165, 1.54) is 12.8 Å². The molecule has 6 heteroatoms. The summed E-state index contributed by atoms with van der Waals surface area (Å²) >= 11 is 0. The molecule has 0 bridgehead atoms. The van der Waals surface area contributed by atoms with E-state index in [2.05, 4.69) is 27.5 Å². The van der Waals surface area contributed by atoms with Crippen LogP contribution in [0.4, 0.5) is 5.82 Å². The van der Waals surface area contributed by atoms with Gasteiger partial charge in [-0.05, 0) is 44.9 Å². The number of nitrogens with one attached hydrogen (secondary N) is 1. The summed E-state index contributed by atoms with van der Waals surface area (Å²) in [6.45, 7) is 2.22. The van der Waals surface area contributed by atoms with Crippen LogP contribution in [0.3, 0.4) is 0 Å². The number of likely N-dealkylation sites (tertiary alicyclic amines) is 1. The second-order valence-electron chi connectivity index (χ2n) is 6.05. The van der Waals surface area contributed by atoms with Crippen LogP contribution in [0.15, 0.2) is 18.3 Å². The first-order chi connectivity index (χ1) is 10.2. The van der Waals surface area contributed by atoms with Crippen molar-refractivity contribution in [3.63, 3.8) is 0 Å². The SMILES string of the molecule is CN(CC(=O)N1CCC(Nc2cccnn2)CC1)C1CC1. The molecule has 0 unspecified atom stereocenters. The van der Waals surface area contributed by atoms with Crippen molar-refractivity contribution in [3.05, 3.63) is 18.3 Å². The van der Waals surface area contributed by atoms with Crippen LogP contribution in [-0.4, -0.2) is 64.7 Å². The molecule has 1 aliphatic carbocycles. The summed E-state index contributed by atoms with van der Waals surface area (Å²) < 4.78 is 0. The van der Waals surface area contributed by atoms with Gasteiger partial charge in [0, 0.05) is 31.4 Å². The summed E-state index contributed by atoms with van der Waals surface area (Å²) in [7, 11) is 2.05. The highest BCUT2D eigenvalue weighted by Gasteiger charge is 2.29. The van der Waals surface area contributed by atoms with Gasteiger partial charge in [0.25, 0.3) is 0 Å². The molecule has 0 aromatic carbocycles. The van der Waals surface area contributed by atoms with Gasteiger partial charge in [0.05, 0.1) is 6.54 Å². The first-order valence-electron chi connectivity index (χ1n) is 7.74. The predicted octanol–water partition coefficient (Wildman–Crippen LogP) is 0.974. The maximum absolute atomic E-state index is 12.2. The molecule has 21 heavy (non-hydrogen) atoms. The minimum atomic E-state index is 0.266. The summed E-state index contributed by atoms with van der Waals surface area (Å²) in [6.07, 6.45) is 6.09. The predicted molar refractivity (Wildman–Crippen MR) is 80.9 cm³/mol. The van der Waals surface area contributed by atoms with E-state index in [0.717, 1.165) is 31.7 Å². The van der Waals surface area contributed by atoms with Gasteiger partial charge in [-0.2, -0.15) is 5.10 Å². The lowest BCUT2D eigenvalue weighted by atomic mass is 10.0. The van der Waals surface area contributed by atoms with Crippen LogP contribution >= 0.6 is 0 Å². The van der Waals surface area contributed by atoms with Crippen molar-refractivity contribution in [1.29, 1.82) is 0 Å². The van der Waals surface area contributed by atoms with Crippen molar-refractivity contribution in [2.75, 3.05) is 32.0 Å². The lowest BCUT2D eigenvalue weighted by molar-refractivity contribution is -0.133. The second-order valence-corrected chi connectivity index (χ2v) is 6.05. The number of rotatable bonds is 5. The molecule has 1 saturated heterocycles. The van der Waals surface area contributed by atoms with E-state index < -0.39 is 0 Å². The van der Waals surface area contributed by atoms with Crippen LogP contribution in [0.2, 0.25) is 0 Å². The Kier molecular flexibility index (Phi) is 4.34. The Balaban J connectivity index is 1.43. The molecule has 0 atom stereocenters. The Morgan fingerprint density at radius 1 is 1.38 bits per heavy atom. The average molecular weight is 289 g/mol. The maximum atomic E-state index is 12.2. The number of piperidine rings is 1. The summed E-state index contributed by atoms with van der Waals surface area (Å²) in [5.41, 5.74) is 0. The third-order valence-electron chi connectivity index (χ3n) is 4.33. The quantitative estimate of drug-likeness (QED) is 0.875. The molecule has 6 nitrogen and oxygen atoms in total. The molecule has 1 aliphatic heterocycles. The third kappa shape index (κ3) is 3.91. The Hall–Kier alpha value is -1.69. The number of nitrogens with zero attached hydrogens (tertiary/aromatic N) is 4. The van der Waals surface area contributed by atoms with Gasteiger partial charge in [0.2, 0.25) is 5.91 Å². The highest BCUT2D eigenvalue weighted by Crippen LogP contribution is 2.25. The number of anilines is 1. The molecule has 1 aromatic heterocycles. The van der Waals surface area contributed by atoms with Crippen LogP contribution in [0.25, 0.3) is 0 Å². The van der Waals surface area contributed by atoms with E-state index in [-0.39, 0.29) is 5.91 Å². The molecule has 2 heterocycles. The zero-order valence-corrected chi connectivity index (χ0v) is 12.5. The first-order valence-corrected chi connectivity index (χ1v) is 7.74. The Morgan fingerprint density at radius 3 is 2.76 bits per heavy atom. The van der Waals surface area contributed by atoms with Gasteiger partial charge < -0.3 is 10.2 Å². The van der Waals surface area contributed by atoms with E-state index in [1.807, 2.05) is 17.0 Å². The first kappa shape index (κ1) is 14.3. The molecular weight excluding hydrogens is 266 g/mol. The highest BCUT2D eigenvalue weighted by molar-refractivity contribution is 5.78. The number of amides is 1. The Morgan fingerprint density at radius 2 is 2.14 bits per heavy atom. The van der Waals surface area contributed by atoms with Crippen molar-refractivity contribution >= 4 is 11.7 Å². The zero-order chi connectivity index (χ0) is 14.7. The van der Waals surface area contributed by atoms with Crippen LogP contribution in [-0.2, 0) is 4.79 Å². The summed E-state index contributed by atoms with van der Waals surface area (Å²) in [5.74, 6) is 1.08. The molecule has 1 aromatic rings.